The third-order valence-corrected chi connectivity index (χ3v) is 7.16. The van der Waals surface area contributed by atoms with Crippen LogP contribution >= 0.6 is 20.4 Å². The second-order valence-corrected chi connectivity index (χ2v) is 13.4. The Morgan fingerprint density at radius 1 is 1.06 bits per heavy atom. The van der Waals surface area contributed by atoms with E-state index in [9.17, 15) is 0 Å². The van der Waals surface area contributed by atoms with Gasteiger partial charge in [0.2, 0.25) is 0 Å². The molecule has 17 heavy (non-hydrogen) atoms. The molecule has 96 valence electrons. The zero-order chi connectivity index (χ0) is 13.3. The molecule has 0 N–H and O–H groups in total. The first kappa shape index (κ1) is 14.2. The van der Waals surface area contributed by atoms with Crippen molar-refractivity contribution < 1.29 is 0 Å². The van der Waals surface area contributed by atoms with Gasteiger partial charge in [-0.3, -0.25) is 3.71 Å². The Labute approximate surface area is 108 Å². The van der Waals surface area contributed by atoms with Crippen molar-refractivity contribution in [2.75, 3.05) is 41.2 Å². The standard InChI is InChI=1S/C12H21N3S2/c1-16(2,3)15(17(4,5)6)12-8-7-11(9-13)14-10-12/h7-8,10H,1-6H3. The van der Waals surface area contributed by atoms with Gasteiger partial charge >= 0.3 is 0 Å². The molecule has 0 saturated heterocycles. The van der Waals surface area contributed by atoms with Crippen molar-refractivity contribution >= 4 is 26.1 Å². The van der Waals surface area contributed by atoms with Gasteiger partial charge in [0.1, 0.15) is 11.8 Å². The lowest BCUT2D eigenvalue weighted by atomic mass is 10.3. The van der Waals surface area contributed by atoms with E-state index in [4.69, 9.17) is 5.26 Å². The summed E-state index contributed by atoms with van der Waals surface area (Å²) in [5.74, 6) is 0. The molecule has 1 aromatic rings. The zero-order valence-electron chi connectivity index (χ0n) is 11.4. The van der Waals surface area contributed by atoms with Gasteiger partial charge in [-0.05, 0) is 49.7 Å². The average Bonchev–Trinajstić information content (AvgIpc) is 2.14. The maximum atomic E-state index is 8.77. The van der Waals surface area contributed by atoms with E-state index >= 15 is 0 Å². The highest BCUT2D eigenvalue weighted by Crippen LogP contribution is 2.59. The van der Waals surface area contributed by atoms with Crippen molar-refractivity contribution in [1.29, 1.82) is 5.26 Å². The minimum Gasteiger partial charge on any atom is -0.297 e. The summed E-state index contributed by atoms with van der Waals surface area (Å²) in [6, 6.07) is 5.85. The SMILES string of the molecule is CS(C)(C)N(c1ccc(C#N)nc1)S(C)(C)C. The summed E-state index contributed by atoms with van der Waals surface area (Å²) in [4.78, 5) is 4.17. The Balaban J connectivity index is 3.20. The van der Waals surface area contributed by atoms with Crippen LogP contribution in [-0.4, -0.2) is 42.5 Å². The molecule has 5 heteroatoms. The number of hydrogen-bond donors (Lipinski definition) is 0. The molecule has 0 aliphatic heterocycles. The summed E-state index contributed by atoms with van der Waals surface area (Å²) < 4.78 is 2.48. The average molecular weight is 271 g/mol. The first-order valence-electron chi connectivity index (χ1n) is 5.19. The van der Waals surface area contributed by atoms with Crippen molar-refractivity contribution in [1.82, 2.24) is 4.98 Å². The lowest BCUT2D eigenvalue weighted by Crippen LogP contribution is -2.28. The van der Waals surface area contributed by atoms with Crippen LogP contribution in [0.15, 0.2) is 18.3 Å². The van der Waals surface area contributed by atoms with Crippen LogP contribution < -0.4 is 3.71 Å². The summed E-state index contributed by atoms with van der Waals surface area (Å²) in [5, 5.41) is 8.77. The lowest BCUT2D eigenvalue weighted by Gasteiger charge is -2.52. The number of pyridine rings is 1. The van der Waals surface area contributed by atoms with Crippen LogP contribution in [0.5, 0.6) is 0 Å². The number of nitrogens with zero attached hydrogens (tertiary/aromatic N) is 3. The highest BCUT2D eigenvalue weighted by Gasteiger charge is 2.25. The van der Waals surface area contributed by atoms with Gasteiger partial charge in [-0.15, -0.1) is 0 Å². The van der Waals surface area contributed by atoms with Gasteiger partial charge in [0.05, 0.1) is 11.9 Å². The Hall–Kier alpha value is -0.860. The number of hydrogen-bond acceptors (Lipinski definition) is 3. The van der Waals surface area contributed by atoms with Gasteiger partial charge < -0.3 is 0 Å². The lowest BCUT2D eigenvalue weighted by molar-refractivity contribution is 1.26. The molecule has 0 unspecified atom stereocenters. The summed E-state index contributed by atoms with van der Waals surface area (Å²) in [5.41, 5.74) is 1.59. The molecule has 0 radical (unpaired) electrons. The van der Waals surface area contributed by atoms with E-state index < -0.39 is 20.4 Å². The number of anilines is 1. The van der Waals surface area contributed by atoms with E-state index in [1.54, 1.807) is 6.07 Å². The molecular weight excluding hydrogens is 250 g/mol. The van der Waals surface area contributed by atoms with Crippen LogP contribution in [-0.2, 0) is 0 Å². The molecule has 1 rings (SSSR count). The van der Waals surface area contributed by atoms with Crippen molar-refractivity contribution in [2.45, 2.75) is 0 Å². The maximum absolute atomic E-state index is 8.77. The first-order chi connectivity index (χ1) is 7.66. The third-order valence-electron chi connectivity index (χ3n) is 2.07. The van der Waals surface area contributed by atoms with E-state index in [1.165, 1.54) is 0 Å². The molecule has 0 spiro atoms. The number of aromatic nitrogens is 1. The second kappa shape index (κ2) is 4.79. The van der Waals surface area contributed by atoms with Gasteiger partial charge in [0, 0.05) is 0 Å². The molecule has 0 aliphatic rings. The van der Waals surface area contributed by atoms with Gasteiger partial charge in [0.25, 0.3) is 0 Å². The van der Waals surface area contributed by atoms with Crippen LogP contribution in [0.4, 0.5) is 5.69 Å². The molecule has 1 heterocycles. The Kier molecular flexibility index (Phi) is 4.00. The van der Waals surface area contributed by atoms with Crippen molar-refractivity contribution in [3.8, 4) is 6.07 Å². The van der Waals surface area contributed by atoms with Crippen LogP contribution in [0, 0.1) is 11.3 Å². The number of nitriles is 1. The third kappa shape index (κ3) is 3.55. The molecular formula is C12H21N3S2. The Morgan fingerprint density at radius 2 is 1.59 bits per heavy atom. The fourth-order valence-electron chi connectivity index (χ4n) is 1.86. The normalized spacial score (nSPS) is 13.9. The topological polar surface area (TPSA) is 39.9 Å². The predicted octanol–water partition coefficient (Wildman–Crippen LogP) is 2.98. The fourth-order valence-corrected chi connectivity index (χ4v) is 8.71. The molecule has 0 saturated carbocycles. The predicted molar refractivity (Wildman–Crippen MR) is 82.2 cm³/mol. The minimum atomic E-state index is -0.848. The Morgan fingerprint density at radius 3 is 1.88 bits per heavy atom. The van der Waals surface area contributed by atoms with Crippen molar-refractivity contribution in [3.05, 3.63) is 24.0 Å². The van der Waals surface area contributed by atoms with Crippen LogP contribution in [0.25, 0.3) is 0 Å². The number of rotatable bonds is 3. The molecule has 3 nitrogen and oxygen atoms in total. The van der Waals surface area contributed by atoms with Crippen LogP contribution in [0.3, 0.4) is 0 Å². The van der Waals surface area contributed by atoms with Crippen LogP contribution in [0.1, 0.15) is 5.69 Å². The van der Waals surface area contributed by atoms with Gasteiger partial charge in [-0.1, -0.05) is 0 Å². The summed E-state index contributed by atoms with van der Waals surface area (Å²) in [7, 11) is -1.70. The molecule has 0 fully saturated rings. The molecule has 1 aromatic heterocycles. The zero-order valence-corrected chi connectivity index (χ0v) is 13.0. The smallest absolute Gasteiger partial charge is 0.140 e. The molecule has 0 aromatic carbocycles. The molecule has 0 atom stereocenters. The van der Waals surface area contributed by atoms with Crippen molar-refractivity contribution in [2.24, 2.45) is 0 Å². The van der Waals surface area contributed by atoms with E-state index in [-0.39, 0.29) is 0 Å². The van der Waals surface area contributed by atoms with E-state index in [0.717, 1.165) is 5.69 Å². The van der Waals surface area contributed by atoms with Gasteiger partial charge in [-0.2, -0.15) is 25.7 Å². The summed E-state index contributed by atoms with van der Waals surface area (Å²) >= 11 is 0. The van der Waals surface area contributed by atoms with Gasteiger partial charge in [0.15, 0.2) is 0 Å². The second-order valence-electron chi connectivity index (χ2n) is 5.32. The highest BCUT2D eigenvalue weighted by molar-refractivity contribution is 8.49. The monoisotopic (exact) mass is 271 g/mol. The molecule has 0 amide bonds. The first-order valence-corrected chi connectivity index (χ1v) is 10.8. The fraction of sp³-hybridized carbons (Fsp3) is 0.500. The summed E-state index contributed by atoms with van der Waals surface area (Å²) in [6.45, 7) is 0. The Bertz CT molecular complexity index is 407. The van der Waals surface area contributed by atoms with Crippen molar-refractivity contribution in [3.63, 3.8) is 0 Å². The summed E-state index contributed by atoms with van der Waals surface area (Å²) in [6.07, 6.45) is 15.5. The van der Waals surface area contributed by atoms with Gasteiger partial charge in [-0.25, -0.2) is 4.98 Å². The highest BCUT2D eigenvalue weighted by atomic mass is 32.3. The molecule has 0 bridgehead atoms. The van der Waals surface area contributed by atoms with Crippen LogP contribution in [0.2, 0.25) is 0 Å². The largest absolute Gasteiger partial charge is 0.297 e. The quantitative estimate of drug-likeness (QED) is 0.848. The van der Waals surface area contributed by atoms with E-state index in [2.05, 4.69) is 52.3 Å². The maximum Gasteiger partial charge on any atom is 0.140 e. The minimum absolute atomic E-state index is 0.474. The van der Waals surface area contributed by atoms with E-state index in [1.807, 2.05) is 12.3 Å². The van der Waals surface area contributed by atoms with E-state index in [0.29, 0.717) is 5.69 Å². The molecule has 0 aliphatic carbocycles.